The van der Waals surface area contributed by atoms with E-state index in [1.54, 1.807) is 0 Å². The maximum Gasteiger partial charge on any atom is 0.416 e. The van der Waals surface area contributed by atoms with Crippen molar-refractivity contribution in [1.29, 1.82) is 0 Å². The normalized spacial score (nSPS) is 25.5. The van der Waals surface area contributed by atoms with E-state index in [9.17, 15) is 35.5 Å². The Labute approximate surface area is 202 Å². The van der Waals surface area contributed by atoms with Crippen molar-refractivity contribution in [2.45, 2.75) is 37.6 Å². The molecule has 0 aliphatic carbocycles. The van der Waals surface area contributed by atoms with Crippen LogP contribution in [0.15, 0.2) is 42.5 Å². The minimum Gasteiger partial charge on any atom is -0.352 e. The van der Waals surface area contributed by atoms with Crippen LogP contribution in [-0.4, -0.2) is 36.9 Å². The molecule has 5 atom stereocenters. The molecule has 4 rings (SSSR count). The van der Waals surface area contributed by atoms with E-state index in [1.807, 2.05) is 0 Å². The Hall–Kier alpha value is -2.86. The van der Waals surface area contributed by atoms with Crippen molar-refractivity contribution in [3.05, 3.63) is 70.5 Å². The number of rotatable bonds is 4. The number of hydrogen-bond acceptors (Lipinski definition) is 3. The minimum atomic E-state index is -5.00. The van der Waals surface area contributed by atoms with Crippen molar-refractivity contribution in [2.75, 3.05) is 19.7 Å². The van der Waals surface area contributed by atoms with Gasteiger partial charge in [-0.3, -0.25) is 0 Å². The zero-order valence-electron chi connectivity index (χ0n) is 18.9. The second-order valence-corrected chi connectivity index (χ2v) is 9.06. The highest BCUT2D eigenvalue weighted by atomic mass is 19.4. The van der Waals surface area contributed by atoms with E-state index in [0.29, 0.717) is 24.2 Å². The SMILES string of the molecule is C[C@@H](O[C@H]1OC[C@@H]2CN(C(N)=O)C[C@H]2[C@@H]1c1ccc(F)cc1)c1cc(C(F)(F)F)cc(C(F)(F)F)c1. The molecular weight excluding hydrogens is 497 g/mol. The molecule has 196 valence electrons. The topological polar surface area (TPSA) is 64.8 Å². The number of primary amides is 1. The lowest BCUT2D eigenvalue weighted by molar-refractivity contribution is -0.217. The van der Waals surface area contributed by atoms with Crippen molar-refractivity contribution in [3.8, 4) is 0 Å². The minimum absolute atomic E-state index is 0.0518. The van der Waals surface area contributed by atoms with Gasteiger partial charge in [0, 0.05) is 24.9 Å². The Morgan fingerprint density at radius 3 is 2.14 bits per heavy atom. The van der Waals surface area contributed by atoms with Gasteiger partial charge >= 0.3 is 18.4 Å². The molecule has 36 heavy (non-hydrogen) atoms. The van der Waals surface area contributed by atoms with E-state index >= 15 is 0 Å². The molecule has 2 saturated heterocycles. The van der Waals surface area contributed by atoms with Crippen LogP contribution in [0.4, 0.5) is 35.5 Å². The second-order valence-electron chi connectivity index (χ2n) is 9.06. The predicted molar refractivity (Wildman–Crippen MR) is 113 cm³/mol. The Morgan fingerprint density at radius 1 is 1.03 bits per heavy atom. The summed E-state index contributed by atoms with van der Waals surface area (Å²) in [6.45, 7) is 2.04. The molecule has 0 unspecified atom stereocenters. The summed E-state index contributed by atoms with van der Waals surface area (Å²) in [5, 5.41) is 0. The van der Waals surface area contributed by atoms with Crippen LogP contribution in [0.25, 0.3) is 0 Å². The maximum absolute atomic E-state index is 13.6. The Kier molecular flexibility index (Phi) is 6.95. The van der Waals surface area contributed by atoms with Gasteiger partial charge in [0.15, 0.2) is 6.29 Å². The summed E-state index contributed by atoms with van der Waals surface area (Å²) in [6, 6.07) is 6.11. The lowest BCUT2D eigenvalue weighted by Gasteiger charge is -2.40. The number of likely N-dealkylation sites (tertiary alicyclic amines) is 1. The third-order valence-corrected chi connectivity index (χ3v) is 6.70. The molecule has 2 aliphatic heterocycles. The first-order valence-corrected chi connectivity index (χ1v) is 11.1. The van der Waals surface area contributed by atoms with Gasteiger partial charge in [-0.15, -0.1) is 0 Å². The van der Waals surface area contributed by atoms with Gasteiger partial charge in [-0.2, -0.15) is 26.3 Å². The van der Waals surface area contributed by atoms with Crippen LogP contribution in [0.2, 0.25) is 0 Å². The fourth-order valence-electron chi connectivity index (χ4n) is 4.89. The number of halogens is 7. The number of nitrogens with zero attached hydrogens (tertiary/aromatic N) is 1. The van der Waals surface area contributed by atoms with Crippen LogP contribution in [-0.2, 0) is 21.8 Å². The fraction of sp³-hybridized carbons (Fsp3) is 0.458. The molecule has 2 aliphatic rings. The Bertz CT molecular complexity index is 1070. The van der Waals surface area contributed by atoms with Gasteiger partial charge in [0.2, 0.25) is 0 Å². The lowest BCUT2D eigenvalue weighted by Crippen LogP contribution is -2.42. The number of carbonyl (C=O) groups excluding carboxylic acids is 1. The van der Waals surface area contributed by atoms with Crippen molar-refractivity contribution in [1.82, 2.24) is 4.90 Å². The number of urea groups is 1. The van der Waals surface area contributed by atoms with Crippen LogP contribution >= 0.6 is 0 Å². The molecule has 5 nitrogen and oxygen atoms in total. The van der Waals surface area contributed by atoms with Crippen LogP contribution in [0.5, 0.6) is 0 Å². The van der Waals surface area contributed by atoms with Gasteiger partial charge in [-0.25, -0.2) is 9.18 Å². The third-order valence-electron chi connectivity index (χ3n) is 6.70. The second kappa shape index (κ2) is 9.55. The number of benzene rings is 2. The average Bonchev–Trinajstić information content (AvgIpc) is 3.23. The predicted octanol–water partition coefficient (Wildman–Crippen LogP) is 5.71. The summed E-state index contributed by atoms with van der Waals surface area (Å²) in [7, 11) is 0. The molecule has 2 aromatic carbocycles. The number of alkyl halides is 6. The highest BCUT2D eigenvalue weighted by Crippen LogP contribution is 2.45. The molecule has 0 radical (unpaired) electrons. The molecule has 0 saturated carbocycles. The van der Waals surface area contributed by atoms with Crippen molar-refractivity contribution in [2.24, 2.45) is 17.6 Å². The third kappa shape index (κ3) is 5.44. The summed E-state index contributed by atoms with van der Waals surface area (Å²) >= 11 is 0. The fourth-order valence-corrected chi connectivity index (χ4v) is 4.89. The van der Waals surface area contributed by atoms with E-state index in [4.69, 9.17) is 15.2 Å². The number of nitrogens with two attached hydrogens (primary N) is 1. The highest BCUT2D eigenvalue weighted by molar-refractivity contribution is 5.72. The standard InChI is InChI=1S/C24H23F7N2O3/c1-12(14-6-16(23(26,27)28)8-17(7-14)24(29,30)31)36-21-20(13-2-4-18(25)5-3-13)19-10-33(22(32)34)9-15(19)11-35-21/h2-8,12,15,19-21H,9-11H2,1H3,(H2,32,34)/t12-,15+,19-,20+,21-/m1/s1. The zero-order chi connectivity index (χ0) is 26.4. The molecule has 0 aromatic heterocycles. The number of amides is 2. The summed E-state index contributed by atoms with van der Waals surface area (Å²) in [6.07, 6.45) is -12.3. The first-order chi connectivity index (χ1) is 16.7. The van der Waals surface area contributed by atoms with Crippen LogP contribution in [0.1, 0.15) is 41.2 Å². The molecule has 2 heterocycles. The van der Waals surface area contributed by atoms with Gasteiger partial charge in [0.25, 0.3) is 0 Å². The number of fused-ring (bicyclic) bond motifs is 1. The summed E-state index contributed by atoms with van der Waals surface area (Å²) < 4.78 is 105. The van der Waals surface area contributed by atoms with Crippen molar-refractivity contribution >= 4 is 6.03 Å². The van der Waals surface area contributed by atoms with Gasteiger partial charge in [-0.1, -0.05) is 12.1 Å². The Balaban J connectivity index is 1.66. The number of hydrogen-bond donors (Lipinski definition) is 1. The van der Waals surface area contributed by atoms with Gasteiger partial charge in [-0.05, 0) is 54.3 Å². The summed E-state index contributed by atoms with van der Waals surface area (Å²) in [4.78, 5) is 13.2. The molecule has 2 N–H and O–H groups in total. The molecule has 2 amide bonds. The molecular formula is C24H23F7N2O3. The molecule has 0 spiro atoms. The summed E-state index contributed by atoms with van der Waals surface area (Å²) in [5.74, 6) is -1.44. The highest BCUT2D eigenvalue weighted by Gasteiger charge is 2.48. The van der Waals surface area contributed by atoms with E-state index in [-0.39, 0.29) is 36.6 Å². The van der Waals surface area contributed by atoms with E-state index in [2.05, 4.69) is 0 Å². The van der Waals surface area contributed by atoms with Gasteiger partial charge in [0.05, 0.1) is 23.8 Å². The van der Waals surface area contributed by atoms with Crippen LogP contribution in [0, 0.1) is 17.7 Å². The van der Waals surface area contributed by atoms with E-state index in [0.717, 1.165) is 0 Å². The quantitative estimate of drug-likeness (QED) is 0.526. The molecule has 2 fully saturated rings. The maximum atomic E-state index is 13.6. The zero-order valence-corrected chi connectivity index (χ0v) is 18.9. The average molecular weight is 520 g/mol. The van der Waals surface area contributed by atoms with E-state index in [1.165, 1.54) is 36.1 Å². The summed E-state index contributed by atoms with van der Waals surface area (Å²) in [5.41, 5.74) is 2.79. The number of carbonyl (C=O) groups is 1. The van der Waals surface area contributed by atoms with Crippen molar-refractivity contribution in [3.63, 3.8) is 0 Å². The molecule has 2 aromatic rings. The molecule has 12 heteroatoms. The van der Waals surface area contributed by atoms with Gasteiger partial charge < -0.3 is 20.1 Å². The smallest absolute Gasteiger partial charge is 0.352 e. The lowest BCUT2D eigenvalue weighted by atomic mass is 9.77. The largest absolute Gasteiger partial charge is 0.416 e. The molecule has 0 bridgehead atoms. The van der Waals surface area contributed by atoms with Crippen molar-refractivity contribution < 1.29 is 45.0 Å². The van der Waals surface area contributed by atoms with Crippen LogP contribution in [0.3, 0.4) is 0 Å². The van der Waals surface area contributed by atoms with Crippen LogP contribution < -0.4 is 5.73 Å². The monoisotopic (exact) mass is 520 g/mol. The Morgan fingerprint density at radius 2 is 1.61 bits per heavy atom. The number of ether oxygens (including phenoxy) is 2. The first-order valence-electron chi connectivity index (χ1n) is 11.1. The van der Waals surface area contributed by atoms with E-state index < -0.39 is 53.6 Å². The first kappa shape index (κ1) is 26.2. The van der Waals surface area contributed by atoms with Gasteiger partial charge in [0.1, 0.15) is 5.82 Å².